The fraction of sp³-hybridized carbons (Fsp3) is 0.400. The van der Waals surface area contributed by atoms with Crippen molar-refractivity contribution in [2.24, 2.45) is 0 Å². The number of halogens is 1. The van der Waals surface area contributed by atoms with E-state index in [4.69, 9.17) is 21.1 Å². The van der Waals surface area contributed by atoms with Crippen LogP contribution in [0.4, 0.5) is 10.5 Å². The van der Waals surface area contributed by atoms with Gasteiger partial charge in [-0.15, -0.1) is 0 Å². The monoisotopic (exact) mass is 502 g/mol. The summed E-state index contributed by atoms with van der Waals surface area (Å²) >= 11 is 5.98. The van der Waals surface area contributed by atoms with Gasteiger partial charge in [0.15, 0.2) is 0 Å². The fourth-order valence-electron chi connectivity index (χ4n) is 3.97. The highest BCUT2D eigenvalue weighted by molar-refractivity contribution is 6.30. The van der Waals surface area contributed by atoms with Crippen LogP contribution in [0.2, 0.25) is 5.02 Å². The second kappa shape index (κ2) is 12.3. The Hall–Kier alpha value is -3.46. The second-order valence-corrected chi connectivity index (χ2v) is 8.82. The SMILES string of the molecule is COc1cc(C[C@H](NC(C)=O)C(=O)NC2CCN(C(=O)Nc3cccc(Cl)c3)CC2)cc(OC)c1. The van der Waals surface area contributed by atoms with Crippen LogP contribution in [-0.4, -0.2) is 62.1 Å². The van der Waals surface area contributed by atoms with E-state index in [1.807, 2.05) is 12.1 Å². The number of carbonyl (C=O) groups is 3. The molecule has 10 heteroatoms. The van der Waals surface area contributed by atoms with E-state index < -0.39 is 6.04 Å². The largest absolute Gasteiger partial charge is 0.497 e. The molecule has 0 bridgehead atoms. The lowest BCUT2D eigenvalue weighted by atomic mass is 10.0. The van der Waals surface area contributed by atoms with Gasteiger partial charge in [-0.05, 0) is 48.7 Å². The molecule has 1 heterocycles. The molecular formula is C25H31ClN4O5. The van der Waals surface area contributed by atoms with Gasteiger partial charge in [-0.25, -0.2) is 4.79 Å². The molecule has 35 heavy (non-hydrogen) atoms. The molecule has 1 fully saturated rings. The highest BCUT2D eigenvalue weighted by atomic mass is 35.5. The summed E-state index contributed by atoms with van der Waals surface area (Å²) < 4.78 is 10.6. The first-order valence-corrected chi connectivity index (χ1v) is 11.8. The van der Waals surface area contributed by atoms with E-state index in [2.05, 4.69) is 16.0 Å². The number of benzene rings is 2. The van der Waals surface area contributed by atoms with Crippen LogP contribution in [0.15, 0.2) is 42.5 Å². The topological polar surface area (TPSA) is 109 Å². The molecule has 3 rings (SSSR count). The van der Waals surface area contributed by atoms with Crippen molar-refractivity contribution in [1.82, 2.24) is 15.5 Å². The summed E-state index contributed by atoms with van der Waals surface area (Å²) in [4.78, 5) is 39.1. The van der Waals surface area contributed by atoms with Gasteiger partial charge < -0.3 is 30.3 Å². The van der Waals surface area contributed by atoms with Gasteiger partial charge in [0.05, 0.1) is 14.2 Å². The Morgan fingerprint density at radius 1 is 1.06 bits per heavy atom. The maximum atomic E-state index is 13.1. The number of ether oxygens (including phenoxy) is 2. The summed E-state index contributed by atoms with van der Waals surface area (Å²) in [7, 11) is 3.11. The van der Waals surface area contributed by atoms with Gasteiger partial charge >= 0.3 is 6.03 Å². The van der Waals surface area contributed by atoms with E-state index in [1.54, 1.807) is 49.5 Å². The minimum atomic E-state index is -0.756. The predicted octanol–water partition coefficient (Wildman–Crippen LogP) is 3.22. The number of nitrogens with one attached hydrogen (secondary N) is 3. The molecule has 188 valence electrons. The van der Waals surface area contributed by atoms with Gasteiger partial charge in [-0.2, -0.15) is 0 Å². The number of piperidine rings is 1. The second-order valence-electron chi connectivity index (χ2n) is 8.39. The molecule has 0 aromatic heterocycles. The van der Waals surface area contributed by atoms with Gasteiger partial charge in [0.2, 0.25) is 11.8 Å². The maximum Gasteiger partial charge on any atom is 0.321 e. The summed E-state index contributed by atoms with van der Waals surface area (Å²) in [5.74, 6) is 0.630. The molecule has 1 aliphatic heterocycles. The standard InChI is InChI=1S/C25H31ClN4O5/c1-16(31)27-23(13-17-11-21(34-2)15-22(12-17)35-3)24(32)28-19-7-9-30(10-8-19)25(33)29-20-6-4-5-18(26)14-20/h4-6,11-12,14-15,19,23H,7-10,13H2,1-3H3,(H,27,31)(H,28,32)(H,29,33)/t23-/m0/s1. The number of likely N-dealkylation sites (tertiary alicyclic amines) is 1. The maximum absolute atomic E-state index is 13.1. The summed E-state index contributed by atoms with van der Waals surface area (Å²) in [6.45, 7) is 2.37. The first kappa shape index (κ1) is 26.2. The van der Waals surface area contributed by atoms with E-state index in [-0.39, 0.29) is 30.3 Å². The van der Waals surface area contributed by atoms with Crippen LogP contribution in [0.5, 0.6) is 11.5 Å². The van der Waals surface area contributed by atoms with Crippen LogP contribution in [0.25, 0.3) is 0 Å². The number of amides is 4. The average molecular weight is 503 g/mol. The van der Waals surface area contributed by atoms with Crippen LogP contribution in [0.1, 0.15) is 25.3 Å². The number of hydrogen-bond acceptors (Lipinski definition) is 5. The minimum Gasteiger partial charge on any atom is -0.497 e. The highest BCUT2D eigenvalue weighted by Crippen LogP contribution is 2.23. The Labute approximate surface area is 210 Å². The molecule has 2 aromatic rings. The van der Waals surface area contributed by atoms with Crippen molar-refractivity contribution in [3.8, 4) is 11.5 Å². The first-order valence-electron chi connectivity index (χ1n) is 11.4. The van der Waals surface area contributed by atoms with Crippen molar-refractivity contribution in [3.63, 3.8) is 0 Å². The Bertz CT molecular complexity index is 1030. The van der Waals surface area contributed by atoms with Crippen molar-refractivity contribution in [1.29, 1.82) is 0 Å². The van der Waals surface area contributed by atoms with Crippen LogP contribution >= 0.6 is 11.6 Å². The normalized spacial score (nSPS) is 14.6. The molecule has 0 radical (unpaired) electrons. The van der Waals surface area contributed by atoms with Gasteiger partial charge in [-0.3, -0.25) is 9.59 Å². The van der Waals surface area contributed by atoms with Gasteiger partial charge in [0, 0.05) is 49.3 Å². The zero-order valence-electron chi connectivity index (χ0n) is 20.1. The molecule has 0 saturated carbocycles. The summed E-state index contributed by atoms with van der Waals surface area (Å²) in [6, 6.07) is 11.3. The number of carbonyl (C=O) groups excluding carboxylic acids is 3. The summed E-state index contributed by atoms with van der Waals surface area (Å²) in [5, 5.41) is 9.15. The van der Waals surface area contributed by atoms with Crippen LogP contribution in [0, 0.1) is 0 Å². The van der Waals surface area contributed by atoms with Crippen molar-refractivity contribution < 1.29 is 23.9 Å². The van der Waals surface area contributed by atoms with Crippen LogP contribution in [0.3, 0.4) is 0 Å². The van der Waals surface area contributed by atoms with Crippen molar-refractivity contribution in [3.05, 3.63) is 53.1 Å². The number of hydrogen-bond donors (Lipinski definition) is 3. The number of rotatable bonds is 8. The first-order chi connectivity index (χ1) is 16.8. The minimum absolute atomic E-state index is 0.103. The fourth-order valence-corrected chi connectivity index (χ4v) is 4.16. The lowest BCUT2D eigenvalue weighted by Gasteiger charge is -2.33. The smallest absolute Gasteiger partial charge is 0.321 e. The Morgan fingerprint density at radius 2 is 1.71 bits per heavy atom. The lowest BCUT2D eigenvalue weighted by molar-refractivity contribution is -0.128. The number of methoxy groups -OCH3 is 2. The molecule has 1 aliphatic rings. The lowest BCUT2D eigenvalue weighted by Crippen LogP contribution is -2.53. The highest BCUT2D eigenvalue weighted by Gasteiger charge is 2.27. The molecule has 0 aliphatic carbocycles. The van der Waals surface area contributed by atoms with Crippen molar-refractivity contribution >= 4 is 35.1 Å². The molecule has 1 saturated heterocycles. The van der Waals surface area contributed by atoms with Gasteiger partial charge in [0.25, 0.3) is 0 Å². The van der Waals surface area contributed by atoms with Crippen molar-refractivity contribution in [2.45, 2.75) is 38.3 Å². The predicted molar refractivity (Wildman–Crippen MR) is 134 cm³/mol. The molecular weight excluding hydrogens is 472 g/mol. The number of nitrogens with zero attached hydrogens (tertiary/aromatic N) is 1. The summed E-state index contributed by atoms with van der Waals surface area (Å²) in [5.41, 5.74) is 1.42. The quantitative estimate of drug-likeness (QED) is 0.513. The number of urea groups is 1. The van der Waals surface area contributed by atoms with Gasteiger partial charge in [-0.1, -0.05) is 17.7 Å². The van der Waals surface area contributed by atoms with Gasteiger partial charge in [0.1, 0.15) is 17.5 Å². The third-order valence-corrected chi connectivity index (χ3v) is 5.98. The van der Waals surface area contributed by atoms with E-state index in [1.165, 1.54) is 6.92 Å². The van der Waals surface area contributed by atoms with Crippen molar-refractivity contribution in [2.75, 3.05) is 32.6 Å². The molecule has 9 nitrogen and oxygen atoms in total. The van der Waals surface area contributed by atoms with Crippen LogP contribution in [-0.2, 0) is 16.0 Å². The molecule has 4 amide bonds. The Balaban J connectivity index is 1.57. The number of anilines is 1. The van der Waals surface area contributed by atoms with E-state index in [0.29, 0.717) is 48.1 Å². The Kier molecular flexibility index (Phi) is 9.19. The van der Waals surface area contributed by atoms with Crippen LogP contribution < -0.4 is 25.4 Å². The molecule has 0 spiro atoms. The van der Waals surface area contributed by atoms with E-state index in [0.717, 1.165) is 5.56 Å². The summed E-state index contributed by atoms with van der Waals surface area (Å²) in [6.07, 6.45) is 1.49. The average Bonchev–Trinajstić information content (AvgIpc) is 2.83. The van der Waals surface area contributed by atoms with E-state index in [9.17, 15) is 14.4 Å². The zero-order chi connectivity index (χ0) is 25.4. The third kappa shape index (κ3) is 7.78. The molecule has 2 aromatic carbocycles. The zero-order valence-corrected chi connectivity index (χ0v) is 20.9. The van der Waals surface area contributed by atoms with E-state index >= 15 is 0 Å². The Morgan fingerprint density at radius 3 is 2.29 bits per heavy atom. The third-order valence-electron chi connectivity index (χ3n) is 5.75. The molecule has 0 unspecified atom stereocenters. The molecule has 3 N–H and O–H groups in total. The molecule has 1 atom stereocenters.